The van der Waals surface area contributed by atoms with Crippen LogP contribution >= 0.6 is 0 Å². The highest BCUT2D eigenvalue weighted by Crippen LogP contribution is 2.12. The predicted molar refractivity (Wildman–Crippen MR) is 72.6 cm³/mol. The minimum Gasteiger partial charge on any atom is -0.287 e. The molecule has 0 saturated heterocycles. The Bertz CT molecular complexity index is 216. The van der Waals surface area contributed by atoms with Crippen LogP contribution < -0.4 is 0 Å². The maximum atomic E-state index is 9.41. The summed E-state index contributed by atoms with van der Waals surface area (Å²) in [5, 5.41) is 10.7. The van der Waals surface area contributed by atoms with Crippen molar-refractivity contribution in [3.63, 3.8) is 0 Å². The lowest BCUT2D eigenvalue weighted by Crippen LogP contribution is -2.23. The van der Waals surface area contributed by atoms with E-state index in [9.17, 15) is 5.21 Å². The Morgan fingerprint density at radius 3 is 2.12 bits per heavy atom. The Hall–Kier alpha value is -0.570. The van der Waals surface area contributed by atoms with Gasteiger partial charge < -0.3 is 0 Å². The average Bonchev–Trinajstić information content (AvgIpc) is 2.73. The lowest BCUT2D eigenvalue weighted by atomic mass is 10.1. The van der Waals surface area contributed by atoms with E-state index < -0.39 is 0 Å². The van der Waals surface area contributed by atoms with Gasteiger partial charge in [-0.1, -0.05) is 58.3 Å². The molecule has 0 atom stereocenters. The summed E-state index contributed by atoms with van der Waals surface area (Å²) in [4.78, 5) is 4.28. The molecule has 0 aromatic carbocycles. The van der Waals surface area contributed by atoms with Crippen LogP contribution in [0.2, 0.25) is 0 Å². The fraction of sp³-hybridized carbons (Fsp3) is 0.929. The largest absolute Gasteiger partial charge is 0.287 e. The molecule has 1 heterocycles. The van der Waals surface area contributed by atoms with Gasteiger partial charge in [-0.05, 0) is 6.42 Å². The molecule has 3 heteroatoms. The van der Waals surface area contributed by atoms with Crippen LogP contribution in [0.4, 0.5) is 0 Å². The van der Waals surface area contributed by atoms with E-state index in [-0.39, 0.29) is 0 Å². The third-order valence-corrected chi connectivity index (χ3v) is 3.41. The van der Waals surface area contributed by atoms with Gasteiger partial charge >= 0.3 is 0 Å². The Balaban J connectivity index is 1.81. The van der Waals surface area contributed by atoms with E-state index in [2.05, 4.69) is 11.9 Å². The Morgan fingerprint density at radius 2 is 1.59 bits per heavy atom. The number of hydrogen-bond donors (Lipinski definition) is 1. The van der Waals surface area contributed by atoms with Crippen LogP contribution in [0.5, 0.6) is 0 Å². The minimum atomic E-state index is 0.687. The van der Waals surface area contributed by atoms with E-state index in [1.807, 2.05) is 0 Å². The summed E-state index contributed by atoms with van der Waals surface area (Å²) in [5.41, 5.74) is 0. The number of rotatable bonds is 10. The molecule has 0 spiro atoms. The highest BCUT2D eigenvalue weighted by atomic mass is 16.5. The Kier molecular flexibility index (Phi) is 8.06. The van der Waals surface area contributed by atoms with Crippen LogP contribution in [0, 0.1) is 0 Å². The first kappa shape index (κ1) is 14.5. The van der Waals surface area contributed by atoms with Crippen LogP contribution in [-0.4, -0.2) is 29.2 Å². The molecule has 0 aromatic rings. The third kappa shape index (κ3) is 6.67. The SMILES string of the molecule is CCCCCCCCCCCC1=NCCN1O. The van der Waals surface area contributed by atoms with Crippen molar-refractivity contribution in [2.75, 3.05) is 13.1 Å². The number of nitrogens with zero attached hydrogens (tertiary/aromatic N) is 2. The topological polar surface area (TPSA) is 35.8 Å². The van der Waals surface area contributed by atoms with Crippen LogP contribution in [0.15, 0.2) is 4.99 Å². The third-order valence-electron chi connectivity index (χ3n) is 3.41. The van der Waals surface area contributed by atoms with E-state index in [1.165, 1.54) is 62.9 Å². The summed E-state index contributed by atoms with van der Waals surface area (Å²) in [7, 11) is 0. The van der Waals surface area contributed by atoms with Gasteiger partial charge in [0.2, 0.25) is 0 Å². The second-order valence-corrected chi connectivity index (χ2v) is 5.00. The molecular weight excluding hydrogens is 212 g/mol. The zero-order valence-electron chi connectivity index (χ0n) is 11.3. The Labute approximate surface area is 106 Å². The van der Waals surface area contributed by atoms with Crippen molar-refractivity contribution in [3.05, 3.63) is 0 Å². The smallest absolute Gasteiger partial charge is 0.123 e. The minimum absolute atomic E-state index is 0.687. The maximum Gasteiger partial charge on any atom is 0.123 e. The first-order valence-electron chi connectivity index (χ1n) is 7.34. The van der Waals surface area contributed by atoms with Gasteiger partial charge in [0.25, 0.3) is 0 Å². The van der Waals surface area contributed by atoms with Crippen molar-refractivity contribution in [2.45, 2.75) is 71.1 Å². The molecule has 17 heavy (non-hydrogen) atoms. The highest BCUT2D eigenvalue weighted by molar-refractivity contribution is 5.82. The van der Waals surface area contributed by atoms with Crippen LogP contribution in [-0.2, 0) is 0 Å². The summed E-state index contributed by atoms with van der Waals surface area (Å²) in [6.45, 7) is 3.71. The predicted octanol–water partition coefficient (Wildman–Crippen LogP) is 4.01. The monoisotopic (exact) mass is 240 g/mol. The maximum absolute atomic E-state index is 9.41. The summed E-state index contributed by atoms with van der Waals surface area (Å²) >= 11 is 0. The van der Waals surface area contributed by atoms with Gasteiger partial charge in [-0.15, -0.1) is 0 Å². The number of unbranched alkanes of at least 4 members (excludes halogenated alkanes) is 8. The summed E-state index contributed by atoms with van der Waals surface area (Å²) in [6, 6.07) is 0. The van der Waals surface area contributed by atoms with Crippen molar-refractivity contribution in [3.8, 4) is 0 Å². The van der Waals surface area contributed by atoms with Crippen molar-refractivity contribution in [2.24, 2.45) is 4.99 Å². The van der Waals surface area contributed by atoms with Gasteiger partial charge in [-0.25, -0.2) is 5.06 Å². The molecule has 1 aliphatic heterocycles. The molecule has 0 amide bonds. The average molecular weight is 240 g/mol. The molecule has 1 rings (SSSR count). The molecule has 1 aliphatic rings. The normalized spacial score (nSPS) is 15.4. The molecule has 100 valence electrons. The summed E-state index contributed by atoms with van der Waals surface area (Å²) < 4.78 is 0. The second-order valence-electron chi connectivity index (χ2n) is 5.00. The molecule has 0 aliphatic carbocycles. The fourth-order valence-corrected chi connectivity index (χ4v) is 2.29. The van der Waals surface area contributed by atoms with Crippen LogP contribution in [0.1, 0.15) is 71.1 Å². The highest BCUT2D eigenvalue weighted by Gasteiger charge is 2.12. The molecule has 0 aromatic heterocycles. The summed E-state index contributed by atoms with van der Waals surface area (Å²) in [6.07, 6.45) is 13.1. The summed E-state index contributed by atoms with van der Waals surface area (Å²) in [5.74, 6) is 0.896. The van der Waals surface area contributed by atoms with Crippen LogP contribution in [0.25, 0.3) is 0 Å². The number of hydrogen-bond acceptors (Lipinski definition) is 3. The quantitative estimate of drug-likeness (QED) is 0.586. The molecule has 0 unspecified atom stereocenters. The molecule has 0 fully saturated rings. The van der Waals surface area contributed by atoms with Gasteiger partial charge in [0.05, 0.1) is 13.1 Å². The Morgan fingerprint density at radius 1 is 1.00 bits per heavy atom. The molecule has 3 nitrogen and oxygen atoms in total. The van der Waals surface area contributed by atoms with E-state index >= 15 is 0 Å². The standard InChI is InChI=1S/C14H28N2O/c1-2-3-4-5-6-7-8-9-10-11-14-15-12-13-16(14)17/h17H,2-13H2,1H3. The van der Waals surface area contributed by atoms with Crippen molar-refractivity contribution >= 4 is 5.84 Å². The first-order chi connectivity index (χ1) is 8.34. The van der Waals surface area contributed by atoms with Crippen molar-refractivity contribution in [1.82, 2.24) is 5.06 Å². The van der Waals surface area contributed by atoms with Gasteiger partial charge in [-0.2, -0.15) is 0 Å². The lowest BCUT2D eigenvalue weighted by Gasteiger charge is -2.10. The van der Waals surface area contributed by atoms with E-state index in [4.69, 9.17) is 0 Å². The first-order valence-corrected chi connectivity index (χ1v) is 7.34. The molecular formula is C14H28N2O. The fourth-order valence-electron chi connectivity index (χ4n) is 2.29. The van der Waals surface area contributed by atoms with E-state index in [0.717, 1.165) is 18.8 Å². The van der Waals surface area contributed by atoms with E-state index in [0.29, 0.717) is 6.54 Å². The number of aliphatic imine (C=N–C) groups is 1. The zero-order chi connectivity index (χ0) is 12.3. The lowest BCUT2D eigenvalue weighted by molar-refractivity contribution is -0.00500. The van der Waals surface area contributed by atoms with Crippen LogP contribution in [0.3, 0.4) is 0 Å². The molecule has 0 radical (unpaired) electrons. The van der Waals surface area contributed by atoms with Gasteiger partial charge in [-0.3, -0.25) is 10.2 Å². The molecule has 0 saturated carbocycles. The molecule has 1 N–H and O–H groups in total. The molecule has 0 bridgehead atoms. The van der Waals surface area contributed by atoms with E-state index in [1.54, 1.807) is 0 Å². The van der Waals surface area contributed by atoms with Gasteiger partial charge in [0, 0.05) is 6.42 Å². The van der Waals surface area contributed by atoms with Gasteiger partial charge in [0.1, 0.15) is 5.84 Å². The van der Waals surface area contributed by atoms with Gasteiger partial charge in [0.15, 0.2) is 0 Å². The number of hydroxylamine groups is 2. The number of amidine groups is 1. The van der Waals surface area contributed by atoms with Crippen molar-refractivity contribution in [1.29, 1.82) is 0 Å². The zero-order valence-corrected chi connectivity index (χ0v) is 11.3. The van der Waals surface area contributed by atoms with Crippen molar-refractivity contribution < 1.29 is 5.21 Å². The second kappa shape index (κ2) is 9.46.